The second-order valence-electron chi connectivity index (χ2n) is 6.45. The first-order valence-corrected chi connectivity index (χ1v) is 8.39. The number of carbonyl (C=O) groups excluding carboxylic acids is 1. The zero-order valence-electron chi connectivity index (χ0n) is 13.8. The van der Waals surface area contributed by atoms with Crippen molar-refractivity contribution < 1.29 is 27.2 Å². The Bertz CT molecular complexity index is 828. The van der Waals surface area contributed by atoms with E-state index in [0.717, 1.165) is 43.1 Å². The van der Waals surface area contributed by atoms with Gasteiger partial charge in [0.1, 0.15) is 17.6 Å². The quantitative estimate of drug-likeness (QED) is 0.835. The highest BCUT2D eigenvalue weighted by atomic mass is 19.4. The number of rotatable bonds is 3. The van der Waals surface area contributed by atoms with Gasteiger partial charge in [-0.3, -0.25) is 4.79 Å². The lowest BCUT2D eigenvalue weighted by molar-refractivity contribution is -0.141. The van der Waals surface area contributed by atoms with E-state index in [2.05, 4.69) is 10.1 Å². The fourth-order valence-electron chi connectivity index (χ4n) is 3.19. The van der Waals surface area contributed by atoms with Crippen LogP contribution in [0.4, 0.5) is 13.2 Å². The third-order valence-electron chi connectivity index (χ3n) is 4.59. The minimum Gasteiger partial charge on any atom is -0.471 e. The van der Waals surface area contributed by atoms with Crippen LogP contribution in [0.15, 0.2) is 22.7 Å². The number of pyridine rings is 1. The molecular formula is C17H16F3N3O3. The molecule has 0 aromatic carbocycles. The average Bonchev–Trinajstić information content (AvgIpc) is 3.01. The third kappa shape index (κ3) is 3.13. The van der Waals surface area contributed by atoms with E-state index in [1.165, 1.54) is 12.1 Å². The maximum absolute atomic E-state index is 12.7. The van der Waals surface area contributed by atoms with Crippen LogP contribution in [0.25, 0.3) is 0 Å². The summed E-state index contributed by atoms with van der Waals surface area (Å²) in [6.45, 7) is 0.552. The van der Waals surface area contributed by atoms with Crippen molar-refractivity contribution in [2.45, 2.75) is 38.0 Å². The van der Waals surface area contributed by atoms with Gasteiger partial charge in [0.05, 0.1) is 13.1 Å². The number of fused-ring (bicyclic) bond motifs is 1. The fourth-order valence-corrected chi connectivity index (χ4v) is 3.19. The van der Waals surface area contributed by atoms with Crippen LogP contribution in [0.2, 0.25) is 0 Å². The van der Waals surface area contributed by atoms with Gasteiger partial charge in [-0.15, -0.1) is 0 Å². The second-order valence-corrected chi connectivity index (χ2v) is 6.45. The van der Waals surface area contributed by atoms with Gasteiger partial charge < -0.3 is 14.2 Å². The molecule has 2 aromatic heterocycles. The maximum atomic E-state index is 12.7. The standard InChI is InChI=1S/C17H16F3N3O3/c18-17(19,20)13-6-3-7-14(21-13)25-10-8-23(9-10)16(24)15-11-4-1-2-5-12(11)26-22-15/h3,6-7,10H,1-2,4-5,8-9H2. The predicted octanol–water partition coefficient (Wildman–Crippen LogP) is 2.87. The van der Waals surface area contributed by atoms with E-state index >= 15 is 0 Å². The summed E-state index contributed by atoms with van der Waals surface area (Å²) in [5.74, 6) is 0.450. The lowest BCUT2D eigenvalue weighted by Gasteiger charge is -2.38. The number of hydrogen-bond donors (Lipinski definition) is 0. The minimum atomic E-state index is -4.52. The van der Waals surface area contributed by atoms with Crippen LogP contribution in [-0.4, -0.2) is 40.1 Å². The summed E-state index contributed by atoms with van der Waals surface area (Å²) in [7, 11) is 0. The first-order chi connectivity index (χ1) is 12.4. The Labute approximate surface area is 146 Å². The maximum Gasteiger partial charge on any atom is 0.433 e. The number of aromatic nitrogens is 2. The molecule has 0 N–H and O–H groups in total. The Balaban J connectivity index is 1.37. The molecule has 26 heavy (non-hydrogen) atoms. The van der Waals surface area contributed by atoms with Crippen LogP contribution in [0.1, 0.15) is 40.3 Å². The summed E-state index contributed by atoms with van der Waals surface area (Å²) in [6.07, 6.45) is -1.31. The van der Waals surface area contributed by atoms with Crippen molar-refractivity contribution in [1.82, 2.24) is 15.0 Å². The molecule has 1 saturated heterocycles. The van der Waals surface area contributed by atoms with Crippen LogP contribution in [-0.2, 0) is 19.0 Å². The molecule has 2 aromatic rings. The Morgan fingerprint density at radius 3 is 2.77 bits per heavy atom. The lowest BCUT2D eigenvalue weighted by atomic mass is 9.96. The number of amides is 1. The van der Waals surface area contributed by atoms with Gasteiger partial charge in [0, 0.05) is 18.1 Å². The van der Waals surface area contributed by atoms with Crippen LogP contribution in [0.3, 0.4) is 0 Å². The highest BCUT2D eigenvalue weighted by molar-refractivity contribution is 5.94. The van der Waals surface area contributed by atoms with Gasteiger partial charge in [-0.25, -0.2) is 4.98 Å². The number of halogens is 3. The van der Waals surface area contributed by atoms with Crippen molar-refractivity contribution in [3.63, 3.8) is 0 Å². The molecule has 2 aliphatic rings. The number of nitrogens with zero attached hydrogens (tertiary/aromatic N) is 3. The number of carbonyl (C=O) groups is 1. The highest BCUT2D eigenvalue weighted by Gasteiger charge is 2.37. The minimum absolute atomic E-state index is 0.101. The van der Waals surface area contributed by atoms with Gasteiger partial charge in [-0.1, -0.05) is 11.2 Å². The normalized spacial score (nSPS) is 17.6. The van der Waals surface area contributed by atoms with Crippen LogP contribution >= 0.6 is 0 Å². The molecule has 3 heterocycles. The van der Waals surface area contributed by atoms with E-state index in [0.29, 0.717) is 5.69 Å². The van der Waals surface area contributed by atoms with E-state index < -0.39 is 18.0 Å². The molecule has 0 saturated carbocycles. The van der Waals surface area contributed by atoms with Gasteiger partial charge in [-0.2, -0.15) is 13.2 Å². The molecular weight excluding hydrogens is 351 g/mol. The van der Waals surface area contributed by atoms with E-state index in [1.807, 2.05) is 0 Å². The van der Waals surface area contributed by atoms with E-state index in [9.17, 15) is 18.0 Å². The molecule has 0 atom stereocenters. The molecule has 0 radical (unpaired) electrons. The molecule has 1 aliphatic carbocycles. The van der Waals surface area contributed by atoms with Crippen molar-refractivity contribution in [1.29, 1.82) is 0 Å². The van der Waals surface area contributed by atoms with Crippen LogP contribution in [0.5, 0.6) is 5.88 Å². The number of hydrogen-bond acceptors (Lipinski definition) is 5. The third-order valence-corrected chi connectivity index (χ3v) is 4.59. The first kappa shape index (κ1) is 16.9. The summed E-state index contributed by atoms with van der Waals surface area (Å²) in [5.41, 5.74) is 0.219. The van der Waals surface area contributed by atoms with E-state index in [1.54, 1.807) is 4.90 Å². The molecule has 1 fully saturated rings. The molecule has 1 aliphatic heterocycles. The second kappa shape index (κ2) is 6.30. The summed E-state index contributed by atoms with van der Waals surface area (Å²) in [4.78, 5) is 17.5. The zero-order valence-corrected chi connectivity index (χ0v) is 13.8. The van der Waals surface area contributed by atoms with Gasteiger partial charge in [0.15, 0.2) is 5.69 Å². The monoisotopic (exact) mass is 367 g/mol. The Morgan fingerprint density at radius 1 is 1.23 bits per heavy atom. The first-order valence-electron chi connectivity index (χ1n) is 8.39. The molecule has 1 amide bonds. The average molecular weight is 367 g/mol. The largest absolute Gasteiger partial charge is 0.471 e. The van der Waals surface area contributed by atoms with Gasteiger partial charge >= 0.3 is 6.18 Å². The number of alkyl halides is 3. The van der Waals surface area contributed by atoms with Crippen molar-refractivity contribution in [2.75, 3.05) is 13.1 Å². The molecule has 0 unspecified atom stereocenters. The summed E-state index contributed by atoms with van der Waals surface area (Å²) in [6, 6.07) is 3.50. The number of aryl methyl sites for hydroxylation is 1. The summed E-state index contributed by atoms with van der Waals surface area (Å²) in [5, 5.41) is 3.90. The molecule has 0 spiro atoms. The van der Waals surface area contributed by atoms with Crippen molar-refractivity contribution >= 4 is 5.91 Å². The van der Waals surface area contributed by atoms with E-state index in [-0.39, 0.29) is 24.9 Å². The molecule has 4 rings (SSSR count). The van der Waals surface area contributed by atoms with Gasteiger partial charge in [0.2, 0.25) is 5.88 Å². The zero-order chi connectivity index (χ0) is 18.3. The molecule has 138 valence electrons. The Kier molecular flexibility index (Phi) is 4.08. The van der Waals surface area contributed by atoms with E-state index in [4.69, 9.17) is 9.26 Å². The topological polar surface area (TPSA) is 68.5 Å². The lowest BCUT2D eigenvalue weighted by Crippen LogP contribution is -2.56. The smallest absolute Gasteiger partial charge is 0.433 e. The van der Waals surface area contributed by atoms with Crippen molar-refractivity contribution in [3.8, 4) is 5.88 Å². The van der Waals surface area contributed by atoms with Crippen molar-refractivity contribution in [2.24, 2.45) is 0 Å². The predicted molar refractivity (Wildman–Crippen MR) is 82.7 cm³/mol. The number of likely N-dealkylation sites (tertiary alicyclic amines) is 1. The van der Waals surface area contributed by atoms with Gasteiger partial charge in [0.25, 0.3) is 5.91 Å². The SMILES string of the molecule is O=C(c1noc2c1CCCC2)N1CC(Oc2cccc(C(F)(F)F)n2)C1. The number of ether oxygens (including phenoxy) is 1. The Hall–Kier alpha value is -2.58. The molecule has 9 heteroatoms. The van der Waals surface area contributed by atoms with Gasteiger partial charge in [-0.05, 0) is 25.3 Å². The molecule has 6 nitrogen and oxygen atoms in total. The summed E-state index contributed by atoms with van der Waals surface area (Å²) >= 11 is 0. The van der Waals surface area contributed by atoms with Crippen LogP contribution < -0.4 is 4.74 Å². The fraction of sp³-hybridized carbons (Fsp3) is 0.471. The Morgan fingerprint density at radius 2 is 2.00 bits per heavy atom. The van der Waals surface area contributed by atoms with Crippen molar-refractivity contribution in [3.05, 3.63) is 40.9 Å². The van der Waals surface area contributed by atoms with Crippen LogP contribution in [0, 0.1) is 0 Å². The highest BCUT2D eigenvalue weighted by Crippen LogP contribution is 2.30. The molecule has 0 bridgehead atoms. The summed E-state index contributed by atoms with van der Waals surface area (Å²) < 4.78 is 48.7.